The second-order valence-corrected chi connectivity index (χ2v) is 7.38. The zero-order chi connectivity index (χ0) is 21.3. The molecule has 0 aromatic heterocycles. The van der Waals surface area contributed by atoms with Gasteiger partial charge in [0.15, 0.2) is 17.5 Å². The smallest absolute Gasteiger partial charge is 0.387 e. The molecule has 2 rings (SSSR count). The number of ether oxygens (including phenoxy) is 3. The first kappa shape index (κ1) is 26.6. The van der Waals surface area contributed by atoms with Gasteiger partial charge >= 0.3 is 6.61 Å². The summed E-state index contributed by atoms with van der Waals surface area (Å²) in [6.45, 7) is 6.18. The molecule has 0 bridgehead atoms. The van der Waals surface area contributed by atoms with Crippen LogP contribution >= 0.6 is 24.0 Å². The summed E-state index contributed by atoms with van der Waals surface area (Å²) in [5, 5.41) is 6.62. The van der Waals surface area contributed by atoms with Gasteiger partial charge in [-0.2, -0.15) is 8.78 Å². The number of hydrogen-bond donors (Lipinski definition) is 2. The lowest BCUT2D eigenvalue weighted by Crippen LogP contribution is -2.56. The van der Waals surface area contributed by atoms with E-state index in [0.29, 0.717) is 18.9 Å². The fourth-order valence-electron chi connectivity index (χ4n) is 3.19. The van der Waals surface area contributed by atoms with Crippen LogP contribution in [0.25, 0.3) is 0 Å². The summed E-state index contributed by atoms with van der Waals surface area (Å²) >= 11 is 0. The van der Waals surface area contributed by atoms with Crippen molar-refractivity contribution in [3.05, 3.63) is 23.8 Å². The molecule has 1 aliphatic rings. The molecule has 172 valence electrons. The van der Waals surface area contributed by atoms with Gasteiger partial charge in [0.05, 0.1) is 20.3 Å². The van der Waals surface area contributed by atoms with Gasteiger partial charge < -0.3 is 24.8 Å². The van der Waals surface area contributed by atoms with Crippen LogP contribution in [0.5, 0.6) is 11.5 Å². The highest BCUT2D eigenvalue weighted by Crippen LogP contribution is 2.29. The number of alkyl halides is 2. The molecule has 0 aliphatic carbocycles. The quantitative estimate of drug-likeness (QED) is 0.284. The Kier molecular flexibility index (Phi) is 11.6. The molecule has 1 saturated heterocycles. The normalized spacial score (nSPS) is 15.5. The topological polar surface area (TPSA) is 67.4 Å². The van der Waals surface area contributed by atoms with Crippen LogP contribution in [0.3, 0.4) is 0 Å². The maximum Gasteiger partial charge on any atom is 0.387 e. The predicted molar refractivity (Wildman–Crippen MR) is 125 cm³/mol. The minimum Gasteiger partial charge on any atom is -0.493 e. The molecule has 0 amide bonds. The van der Waals surface area contributed by atoms with Crippen molar-refractivity contribution in [2.75, 3.05) is 53.6 Å². The molecule has 1 fully saturated rings. The fraction of sp³-hybridized carbons (Fsp3) is 0.650. The van der Waals surface area contributed by atoms with Crippen molar-refractivity contribution >= 4 is 29.9 Å². The Balaban J connectivity index is 0.00000450. The van der Waals surface area contributed by atoms with Gasteiger partial charge in [0.2, 0.25) is 0 Å². The second kappa shape index (κ2) is 13.1. The molecule has 1 aliphatic heterocycles. The number of halogens is 3. The highest BCUT2D eigenvalue weighted by atomic mass is 127. The summed E-state index contributed by atoms with van der Waals surface area (Å²) in [7, 11) is 3.14. The molecule has 1 aromatic carbocycles. The lowest BCUT2D eigenvalue weighted by atomic mass is 10.0. The van der Waals surface area contributed by atoms with Gasteiger partial charge in [0.1, 0.15) is 0 Å². The molecular formula is C20H33F2IN4O3. The first-order valence-electron chi connectivity index (χ1n) is 9.75. The molecule has 0 radical (unpaired) electrons. The number of nitrogens with zero attached hydrogens (tertiary/aromatic N) is 2. The number of aliphatic imine (C=N–C) groups is 1. The van der Waals surface area contributed by atoms with E-state index in [9.17, 15) is 8.78 Å². The Hall–Kier alpha value is -1.40. The second-order valence-electron chi connectivity index (χ2n) is 7.38. The van der Waals surface area contributed by atoms with E-state index in [1.807, 2.05) is 6.07 Å². The number of guanidine groups is 1. The van der Waals surface area contributed by atoms with Crippen molar-refractivity contribution in [3.63, 3.8) is 0 Å². The van der Waals surface area contributed by atoms with E-state index >= 15 is 0 Å². The third-order valence-corrected chi connectivity index (χ3v) is 4.93. The highest BCUT2D eigenvalue weighted by Gasteiger charge is 2.28. The van der Waals surface area contributed by atoms with Gasteiger partial charge in [0.25, 0.3) is 0 Å². The summed E-state index contributed by atoms with van der Waals surface area (Å²) < 4.78 is 40.1. The van der Waals surface area contributed by atoms with E-state index in [1.165, 1.54) is 7.11 Å². The summed E-state index contributed by atoms with van der Waals surface area (Å²) in [4.78, 5) is 6.66. The maximum absolute atomic E-state index is 12.6. The Labute approximate surface area is 194 Å². The van der Waals surface area contributed by atoms with Crippen LogP contribution in [-0.2, 0) is 11.2 Å². The summed E-state index contributed by atoms with van der Waals surface area (Å²) in [5.74, 6) is 1.02. The summed E-state index contributed by atoms with van der Waals surface area (Å²) in [6.07, 6.45) is 0.622. The first-order valence-corrected chi connectivity index (χ1v) is 9.75. The number of rotatable bonds is 9. The lowest BCUT2D eigenvalue weighted by molar-refractivity contribution is -0.0512. The molecule has 0 saturated carbocycles. The Morgan fingerprint density at radius 3 is 2.53 bits per heavy atom. The third kappa shape index (κ3) is 8.38. The van der Waals surface area contributed by atoms with Crippen LogP contribution in [0.1, 0.15) is 19.4 Å². The molecule has 0 unspecified atom stereocenters. The SMILES string of the molecule is CN=C(NCCc1ccc(OC)c(OC(F)F)c1)NCC(C)(C)N1CCOCC1.I. The van der Waals surface area contributed by atoms with Crippen LogP contribution in [0, 0.1) is 0 Å². The van der Waals surface area contributed by atoms with Crippen LogP contribution < -0.4 is 20.1 Å². The first-order chi connectivity index (χ1) is 13.9. The van der Waals surface area contributed by atoms with Crippen molar-refractivity contribution in [3.8, 4) is 11.5 Å². The summed E-state index contributed by atoms with van der Waals surface area (Å²) in [5.41, 5.74) is 0.830. The van der Waals surface area contributed by atoms with Crippen LogP contribution in [0.4, 0.5) is 8.78 Å². The number of morpholine rings is 1. The maximum atomic E-state index is 12.6. The zero-order valence-electron chi connectivity index (χ0n) is 18.0. The highest BCUT2D eigenvalue weighted by molar-refractivity contribution is 14.0. The fourth-order valence-corrected chi connectivity index (χ4v) is 3.19. The third-order valence-electron chi connectivity index (χ3n) is 4.93. The Bertz CT molecular complexity index is 671. The molecule has 7 nitrogen and oxygen atoms in total. The minimum absolute atomic E-state index is 0. The molecule has 0 atom stereocenters. The van der Waals surface area contributed by atoms with Crippen molar-refractivity contribution in [1.82, 2.24) is 15.5 Å². The van der Waals surface area contributed by atoms with Crippen LogP contribution in [-0.4, -0.2) is 76.6 Å². The number of methoxy groups -OCH3 is 1. The van der Waals surface area contributed by atoms with E-state index < -0.39 is 6.61 Å². The minimum atomic E-state index is -2.89. The molecular weight excluding hydrogens is 509 g/mol. The van der Waals surface area contributed by atoms with E-state index in [4.69, 9.17) is 9.47 Å². The average Bonchev–Trinajstić information content (AvgIpc) is 2.71. The van der Waals surface area contributed by atoms with Crippen LogP contribution in [0.2, 0.25) is 0 Å². The van der Waals surface area contributed by atoms with Gasteiger partial charge in [-0.3, -0.25) is 9.89 Å². The van der Waals surface area contributed by atoms with Crippen molar-refractivity contribution < 1.29 is 23.0 Å². The predicted octanol–water partition coefficient (Wildman–Crippen LogP) is 2.73. The van der Waals surface area contributed by atoms with Crippen molar-refractivity contribution in [2.24, 2.45) is 4.99 Å². The van der Waals surface area contributed by atoms with Gasteiger partial charge in [-0.25, -0.2) is 0 Å². The van der Waals surface area contributed by atoms with Gasteiger partial charge in [-0.15, -0.1) is 24.0 Å². The number of hydrogen-bond acceptors (Lipinski definition) is 5. The number of benzene rings is 1. The van der Waals surface area contributed by atoms with Gasteiger partial charge in [0, 0.05) is 38.8 Å². The molecule has 0 spiro atoms. The van der Waals surface area contributed by atoms with Crippen molar-refractivity contribution in [1.29, 1.82) is 0 Å². The molecule has 1 aromatic rings. The van der Waals surface area contributed by atoms with Crippen LogP contribution in [0.15, 0.2) is 23.2 Å². The van der Waals surface area contributed by atoms with Gasteiger partial charge in [-0.1, -0.05) is 6.07 Å². The van der Waals surface area contributed by atoms with Gasteiger partial charge in [-0.05, 0) is 38.0 Å². The van der Waals surface area contributed by atoms with E-state index in [2.05, 4.69) is 39.1 Å². The average molecular weight is 542 g/mol. The Morgan fingerprint density at radius 2 is 1.93 bits per heavy atom. The monoisotopic (exact) mass is 542 g/mol. The molecule has 1 heterocycles. The van der Waals surface area contributed by atoms with Crippen molar-refractivity contribution in [2.45, 2.75) is 32.4 Å². The zero-order valence-corrected chi connectivity index (χ0v) is 20.4. The molecule has 10 heteroatoms. The van der Waals surface area contributed by atoms with E-state index in [1.54, 1.807) is 19.2 Å². The standard InChI is InChI=1S/C20H32F2N4O3.HI/c1-20(2,26-9-11-28-12-10-26)14-25-19(23-3)24-8-7-15-5-6-16(27-4)17(13-15)29-18(21)22;/h5-6,13,18H,7-12,14H2,1-4H3,(H2,23,24,25);1H. The lowest BCUT2D eigenvalue weighted by Gasteiger charge is -2.41. The largest absolute Gasteiger partial charge is 0.493 e. The molecule has 30 heavy (non-hydrogen) atoms. The molecule has 2 N–H and O–H groups in total. The number of nitrogens with one attached hydrogen (secondary N) is 2. The summed E-state index contributed by atoms with van der Waals surface area (Å²) in [6, 6.07) is 5.03. The van der Waals surface area contributed by atoms with E-state index in [-0.39, 0.29) is 41.0 Å². The Morgan fingerprint density at radius 1 is 1.23 bits per heavy atom. The van der Waals surface area contributed by atoms with E-state index in [0.717, 1.165) is 38.4 Å².